The van der Waals surface area contributed by atoms with Gasteiger partial charge in [0.25, 0.3) is 0 Å². The fourth-order valence-electron chi connectivity index (χ4n) is 3.93. The van der Waals surface area contributed by atoms with Gasteiger partial charge in [-0.15, -0.1) is 0 Å². The van der Waals surface area contributed by atoms with Gasteiger partial charge in [-0.1, -0.05) is 56.3 Å². The van der Waals surface area contributed by atoms with Crippen LogP contribution in [-0.2, 0) is 26.2 Å². The smallest absolute Gasteiger partial charge is 0.243 e. The quantitative estimate of drug-likeness (QED) is 0.444. The van der Waals surface area contributed by atoms with E-state index >= 15 is 0 Å². The van der Waals surface area contributed by atoms with Crippen LogP contribution >= 0.6 is 0 Å². The van der Waals surface area contributed by atoms with Crippen LogP contribution in [0.25, 0.3) is 0 Å². The number of nitrogens with one attached hydrogen (secondary N) is 1. The maximum Gasteiger partial charge on any atom is 0.243 e. The molecule has 2 aromatic rings. The van der Waals surface area contributed by atoms with Crippen molar-refractivity contribution in [3.05, 3.63) is 65.7 Å². The van der Waals surface area contributed by atoms with Gasteiger partial charge in [0.2, 0.25) is 21.8 Å². The van der Waals surface area contributed by atoms with E-state index in [-0.39, 0.29) is 30.8 Å². The predicted octanol–water partition coefficient (Wildman–Crippen LogP) is 4.26. The zero-order chi connectivity index (χ0) is 26.0. The highest BCUT2D eigenvalue weighted by Gasteiger charge is 2.29. The summed E-state index contributed by atoms with van der Waals surface area (Å²) in [5.74, 6) is -0.332. The molecule has 0 fully saturated rings. The molecule has 2 amide bonds. The second-order valence-corrected chi connectivity index (χ2v) is 10.9. The summed E-state index contributed by atoms with van der Waals surface area (Å²) in [5, 5.41) is 3.00. The molecule has 0 aliphatic heterocycles. The number of hydrogen-bond donors (Lipinski definition) is 1. The van der Waals surface area contributed by atoms with E-state index in [0.717, 1.165) is 17.5 Å². The monoisotopic (exact) mass is 501 g/mol. The molecule has 0 aromatic heterocycles. The maximum atomic E-state index is 13.4. The molecule has 0 bridgehead atoms. The van der Waals surface area contributed by atoms with Gasteiger partial charge in [0.15, 0.2) is 0 Å². The molecular formula is C27H39N3O4S. The molecule has 35 heavy (non-hydrogen) atoms. The van der Waals surface area contributed by atoms with Gasteiger partial charge < -0.3 is 10.2 Å². The number of sulfonamides is 1. The molecule has 0 spiro atoms. The van der Waals surface area contributed by atoms with Gasteiger partial charge in [0.05, 0.1) is 11.9 Å². The Morgan fingerprint density at radius 1 is 1.00 bits per heavy atom. The van der Waals surface area contributed by atoms with Crippen molar-refractivity contribution < 1.29 is 18.0 Å². The van der Waals surface area contributed by atoms with Crippen LogP contribution in [0.15, 0.2) is 54.6 Å². The molecule has 0 saturated carbocycles. The first-order valence-corrected chi connectivity index (χ1v) is 14.1. The van der Waals surface area contributed by atoms with Gasteiger partial charge in [0, 0.05) is 25.6 Å². The Morgan fingerprint density at radius 3 is 2.26 bits per heavy atom. The summed E-state index contributed by atoms with van der Waals surface area (Å²) in [6.07, 6.45) is 2.94. The number of nitrogens with zero attached hydrogens (tertiary/aromatic N) is 2. The summed E-state index contributed by atoms with van der Waals surface area (Å²) >= 11 is 0. The Bertz CT molecular complexity index is 1070. The molecule has 192 valence electrons. The Balaban J connectivity index is 2.19. The van der Waals surface area contributed by atoms with E-state index in [1.807, 2.05) is 76.2 Å². The normalized spacial score (nSPS) is 13.1. The summed E-state index contributed by atoms with van der Waals surface area (Å²) in [4.78, 5) is 28.1. The van der Waals surface area contributed by atoms with Crippen LogP contribution in [0.5, 0.6) is 0 Å². The highest BCUT2D eigenvalue weighted by atomic mass is 32.2. The van der Waals surface area contributed by atoms with E-state index < -0.39 is 16.1 Å². The van der Waals surface area contributed by atoms with Crippen molar-refractivity contribution in [3.8, 4) is 0 Å². The lowest BCUT2D eigenvalue weighted by molar-refractivity contribution is -0.141. The van der Waals surface area contributed by atoms with Crippen LogP contribution in [-0.4, -0.2) is 50.0 Å². The third kappa shape index (κ3) is 8.69. The van der Waals surface area contributed by atoms with Crippen LogP contribution in [0, 0.1) is 6.92 Å². The zero-order valence-corrected chi connectivity index (χ0v) is 22.3. The zero-order valence-electron chi connectivity index (χ0n) is 21.5. The number of anilines is 1. The van der Waals surface area contributed by atoms with Gasteiger partial charge in [-0.2, -0.15) is 0 Å². The minimum atomic E-state index is -3.51. The molecule has 0 aliphatic rings. The second kappa shape index (κ2) is 13.3. The number of aryl methyl sites for hydroxylation is 1. The minimum Gasteiger partial charge on any atom is -0.352 e. The van der Waals surface area contributed by atoms with E-state index in [9.17, 15) is 18.0 Å². The Labute approximate surface area is 210 Å². The highest BCUT2D eigenvalue weighted by Crippen LogP contribution is 2.20. The predicted molar refractivity (Wildman–Crippen MR) is 142 cm³/mol. The van der Waals surface area contributed by atoms with Crippen molar-refractivity contribution in [2.45, 2.75) is 72.0 Å². The fraction of sp³-hybridized carbons (Fsp3) is 0.481. The van der Waals surface area contributed by atoms with Crippen molar-refractivity contribution in [2.75, 3.05) is 17.1 Å². The topological polar surface area (TPSA) is 86.8 Å². The molecule has 0 saturated heterocycles. The number of rotatable bonds is 13. The standard InChI is InChI=1S/C27H39N3O4S/c1-6-22(4)28-27(32)25(7-2)29(20-23-14-9-8-10-15-23)26(31)17-12-18-30(35(5,33)34)24-16-11-13-21(3)19-24/h8-11,13-16,19,22,25H,6-7,12,17-18,20H2,1-5H3,(H,28,32)/t22-,25+/m1/s1. The maximum absolute atomic E-state index is 13.4. The van der Waals surface area contributed by atoms with Crippen LogP contribution in [0.4, 0.5) is 5.69 Å². The first-order chi connectivity index (χ1) is 16.6. The van der Waals surface area contributed by atoms with Crippen molar-refractivity contribution in [2.24, 2.45) is 0 Å². The van der Waals surface area contributed by atoms with E-state index in [0.29, 0.717) is 25.1 Å². The van der Waals surface area contributed by atoms with Crippen LogP contribution < -0.4 is 9.62 Å². The SMILES string of the molecule is CC[C@@H](C)NC(=O)[C@H](CC)N(Cc1ccccc1)C(=O)CCCN(c1cccc(C)c1)S(C)(=O)=O. The van der Waals surface area contributed by atoms with Gasteiger partial charge in [-0.05, 0) is 56.4 Å². The van der Waals surface area contributed by atoms with Gasteiger partial charge in [-0.25, -0.2) is 8.42 Å². The third-order valence-corrected chi connectivity index (χ3v) is 7.22. The summed E-state index contributed by atoms with van der Waals surface area (Å²) in [6.45, 7) is 8.25. The molecule has 0 aliphatic carbocycles. The Hall–Kier alpha value is -2.87. The van der Waals surface area contributed by atoms with E-state index in [2.05, 4.69) is 5.32 Å². The molecule has 0 radical (unpaired) electrons. The molecule has 0 heterocycles. The summed E-state index contributed by atoms with van der Waals surface area (Å²) in [6, 6.07) is 16.3. The molecular weight excluding hydrogens is 462 g/mol. The molecule has 2 aromatic carbocycles. The summed E-state index contributed by atoms with van der Waals surface area (Å²) < 4.78 is 26.2. The molecule has 1 N–H and O–H groups in total. The van der Waals surface area contributed by atoms with E-state index in [4.69, 9.17) is 0 Å². The minimum absolute atomic E-state index is 0.0166. The van der Waals surface area contributed by atoms with E-state index in [1.165, 1.54) is 10.6 Å². The average molecular weight is 502 g/mol. The highest BCUT2D eigenvalue weighted by molar-refractivity contribution is 7.92. The number of amides is 2. The van der Waals surface area contributed by atoms with Crippen molar-refractivity contribution in [1.82, 2.24) is 10.2 Å². The lowest BCUT2D eigenvalue weighted by Crippen LogP contribution is -2.50. The number of carbonyl (C=O) groups excluding carboxylic acids is 2. The molecule has 7 nitrogen and oxygen atoms in total. The van der Waals surface area contributed by atoms with Crippen molar-refractivity contribution in [1.29, 1.82) is 0 Å². The number of carbonyl (C=O) groups is 2. The third-order valence-electron chi connectivity index (χ3n) is 6.02. The molecule has 2 rings (SSSR count). The van der Waals surface area contributed by atoms with Crippen LogP contribution in [0.2, 0.25) is 0 Å². The summed E-state index contributed by atoms with van der Waals surface area (Å²) in [5.41, 5.74) is 2.48. The largest absolute Gasteiger partial charge is 0.352 e. The second-order valence-electron chi connectivity index (χ2n) is 9.03. The first-order valence-electron chi connectivity index (χ1n) is 12.2. The van der Waals surface area contributed by atoms with Crippen molar-refractivity contribution in [3.63, 3.8) is 0 Å². The number of hydrogen-bond acceptors (Lipinski definition) is 4. The summed E-state index contributed by atoms with van der Waals surface area (Å²) in [7, 11) is -3.51. The van der Waals surface area contributed by atoms with Gasteiger partial charge >= 0.3 is 0 Å². The van der Waals surface area contributed by atoms with Crippen LogP contribution in [0.3, 0.4) is 0 Å². The first kappa shape index (κ1) is 28.4. The van der Waals surface area contributed by atoms with Gasteiger partial charge in [-0.3, -0.25) is 13.9 Å². The van der Waals surface area contributed by atoms with E-state index in [1.54, 1.807) is 11.0 Å². The fourth-order valence-corrected chi connectivity index (χ4v) is 4.88. The van der Waals surface area contributed by atoms with Crippen molar-refractivity contribution >= 4 is 27.5 Å². The molecule has 8 heteroatoms. The molecule has 2 atom stereocenters. The van der Waals surface area contributed by atoms with Crippen LogP contribution in [0.1, 0.15) is 57.6 Å². The Kier molecular flexibility index (Phi) is 10.8. The lowest BCUT2D eigenvalue weighted by Gasteiger charge is -2.32. The average Bonchev–Trinajstić information content (AvgIpc) is 2.81. The number of benzene rings is 2. The van der Waals surface area contributed by atoms with Gasteiger partial charge in [0.1, 0.15) is 6.04 Å². The lowest BCUT2D eigenvalue weighted by atomic mass is 10.1. The Morgan fingerprint density at radius 2 is 1.69 bits per heavy atom. The molecule has 0 unspecified atom stereocenters.